The van der Waals surface area contributed by atoms with Crippen molar-refractivity contribution in [2.45, 2.75) is 24.0 Å². The highest BCUT2D eigenvalue weighted by molar-refractivity contribution is 6.30. The number of hydrogen-bond acceptors (Lipinski definition) is 2. The zero-order chi connectivity index (χ0) is 11.7. The largest absolute Gasteiger partial charge is 0.484 e. The minimum atomic E-state index is -0.544. The molecule has 5 heteroatoms. The standard InChI is InChI=1S/C11H11Cl2FO2/c1-15-11-7(13)5-9(11)16-8-4-2-3-6(12)10(8)14/h2-4,7,9,11H,5H2,1H3. The molecule has 3 atom stereocenters. The highest BCUT2D eigenvalue weighted by Crippen LogP contribution is 2.34. The van der Waals surface area contributed by atoms with Gasteiger partial charge in [0, 0.05) is 13.5 Å². The molecule has 0 N–H and O–H groups in total. The van der Waals surface area contributed by atoms with E-state index in [1.54, 1.807) is 13.2 Å². The summed E-state index contributed by atoms with van der Waals surface area (Å²) in [6.45, 7) is 0. The molecule has 0 aliphatic heterocycles. The van der Waals surface area contributed by atoms with Crippen LogP contribution in [0.2, 0.25) is 5.02 Å². The molecule has 1 saturated carbocycles. The zero-order valence-electron chi connectivity index (χ0n) is 8.62. The van der Waals surface area contributed by atoms with Crippen LogP contribution in [-0.2, 0) is 4.74 Å². The third-order valence-corrected chi connectivity index (χ3v) is 3.37. The molecule has 1 aromatic rings. The molecule has 0 bridgehead atoms. The second-order valence-corrected chi connectivity index (χ2v) is 4.63. The highest BCUT2D eigenvalue weighted by atomic mass is 35.5. The summed E-state index contributed by atoms with van der Waals surface area (Å²) in [5.74, 6) is -0.403. The third-order valence-electron chi connectivity index (χ3n) is 2.65. The molecule has 1 aliphatic rings. The smallest absolute Gasteiger partial charge is 0.183 e. The van der Waals surface area contributed by atoms with Crippen molar-refractivity contribution < 1.29 is 13.9 Å². The van der Waals surface area contributed by atoms with E-state index in [4.69, 9.17) is 32.7 Å². The fourth-order valence-electron chi connectivity index (χ4n) is 1.68. The minimum absolute atomic E-state index is 0.0493. The van der Waals surface area contributed by atoms with E-state index in [0.29, 0.717) is 6.42 Å². The van der Waals surface area contributed by atoms with Crippen LogP contribution in [-0.4, -0.2) is 24.7 Å². The van der Waals surface area contributed by atoms with Crippen molar-refractivity contribution >= 4 is 23.2 Å². The van der Waals surface area contributed by atoms with Gasteiger partial charge in [0.2, 0.25) is 0 Å². The lowest BCUT2D eigenvalue weighted by molar-refractivity contribution is -0.0596. The van der Waals surface area contributed by atoms with Crippen LogP contribution in [0, 0.1) is 5.82 Å². The van der Waals surface area contributed by atoms with Crippen molar-refractivity contribution in [3.8, 4) is 5.75 Å². The lowest BCUT2D eigenvalue weighted by Gasteiger charge is -2.39. The predicted octanol–water partition coefficient (Wildman–Crippen LogP) is 3.25. The SMILES string of the molecule is COC1C(Cl)CC1Oc1cccc(Cl)c1F. The summed E-state index contributed by atoms with van der Waals surface area (Å²) in [6, 6.07) is 4.65. The monoisotopic (exact) mass is 264 g/mol. The molecule has 0 radical (unpaired) electrons. The summed E-state index contributed by atoms with van der Waals surface area (Å²) in [7, 11) is 1.56. The number of benzene rings is 1. The summed E-state index contributed by atoms with van der Waals surface area (Å²) < 4.78 is 24.1. The lowest BCUT2D eigenvalue weighted by Crippen LogP contribution is -2.52. The Morgan fingerprint density at radius 3 is 2.81 bits per heavy atom. The van der Waals surface area contributed by atoms with Gasteiger partial charge in [-0.3, -0.25) is 0 Å². The maximum absolute atomic E-state index is 13.5. The van der Waals surface area contributed by atoms with Gasteiger partial charge in [0.15, 0.2) is 11.6 Å². The number of rotatable bonds is 3. The molecule has 1 aliphatic carbocycles. The molecule has 3 unspecified atom stereocenters. The van der Waals surface area contributed by atoms with E-state index in [1.807, 2.05) is 0 Å². The van der Waals surface area contributed by atoms with E-state index >= 15 is 0 Å². The molecule has 0 amide bonds. The van der Waals surface area contributed by atoms with Gasteiger partial charge >= 0.3 is 0 Å². The number of ether oxygens (including phenoxy) is 2. The number of methoxy groups -OCH3 is 1. The van der Waals surface area contributed by atoms with Gasteiger partial charge in [-0.05, 0) is 12.1 Å². The van der Waals surface area contributed by atoms with Gasteiger partial charge in [0.1, 0.15) is 12.2 Å². The van der Waals surface area contributed by atoms with Gasteiger partial charge in [-0.15, -0.1) is 11.6 Å². The van der Waals surface area contributed by atoms with Crippen molar-refractivity contribution in [2.24, 2.45) is 0 Å². The van der Waals surface area contributed by atoms with Gasteiger partial charge in [0.25, 0.3) is 0 Å². The highest BCUT2D eigenvalue weighted by Gasteiger charge is 2.42. The molecule has 1 fully saturated rings. The first-order valence-electron chi connectivity index (χ1n) is 4.91. The maximum Gasteiger partial charge on any atom is 0.183 e. The van der Waals surface area contributed by atoms with Crippen LogP contribution in [0.4, 0.5) is 4.39 Å². The molecule has 2 nitrogen and oxygen atoms in total. The van der Waals surface area contributed by atoms with Gasteiger partial charge in [0.05, 0.1) is 10.4 Å². The molecule has 1 aromatic carbocycles. The molecular weight excluding hydrogens is 254 g/mol. The Kier molecular flexibility index (Phi) is 3.57. The van der Waals surface area contributed by atoms with Crippen LogP contribution in [0.25, 0.3) is 0 Å². The summed E-state index contributed by atoms with van der Waals surface area (Å²) in [5, 5.41) is -0.0227. The van der Waals surface area contributed by atoms with Crippen LogP contribution >= 0.6 is 23.2 Å². The van der Waals surface area contributed by atoms with E-state index in [2.05, 4.69) is 0 Å². The average Bonchev–Trinajstić information content (AvgIpc) is 2.24. The van der Waals surface area contributed by atoms with Gasteiger partial charge in [-0.1, -0.05) is 17.7 Å². The zero-order valence-corrected chi connectivity index (χ0v) is 10.1. The summed E-state index contributed by atoms with van der Waals surface area (Å²) in [4.78, 5) is 0. The van der Waals surface area contributed by atoms with Crippen molar-refractivity contribution in [3.05, 3.63) is 29.0 Å². The third kappa shape index (κ3) is 2.12. The van der Waals surface area contributed by atoms with Crippen molar-refractivity contribution in [1.29, 1.82) is 0 Å². The second-order valence-electron chi connectivity index (χ2n) is 3.66. The van der Waals surface area contributed by atoms with Crippen LogP contribution in [0.1, 0.15) is 6.42 Å². The Hall–Kier alpha value is -0.510. The van der Waals surface area contributed by atoms with E-state index in [9.17, 15) is 4.39 Å². The molecule has 2 rings (SSSR count). The molecule has 16 heavy (non-hydrogen) atoms. The van der Waals surface area contributed by atoms with Gasteiger partial charge in [-0.2, -0.15) is 0 Å². The minimum Gasteiger partial charge on any atom is -0.484 e. The molecule has 0 heterocycles. The van der Waals surface area contributed by atoms with Crippen LogP contribution in [0.15, 0.2) is 18.2 Å². The Balaban J connectivity index is 2.07. The number of alkyl halides is 1. The van der Waals surface area contributed by atoms with Crippen molar-refractivity contribution in [1.82, 2.24) is 0 Å². The van der Waals surface area contributed by atoms with Crippen LogP contribution in [0.5, 0.6) is 5.75 Å². The van der Waals surface area contributed by atoms with Gasteiger partial charge in [-0.25, -0.2) is 4.39 Å². The van der Waals surface area contributed by atoms with Crippen LogP contribution in [0.3, 0.4) is 0 Å². The first-order chi connectivity index (χ1) is 7.63. The molecular formula is C11H11Cl2FO2. The number of hydrogen-bond donors (Lipinski definition) is 0. The van der Waals surface area contributed by atoms with E-state index < -0.39 is 5.82 Å². The molecule has 0 saturated heterocycles. The number of halogens is 3. The van der Waals surface area contributed by atoms with E-state index in [0.717, 1.165) is 0 Å². The quantitative estimate of drug-likeness (QED) is 0.781. The fourth-order valence-corrected chi connectivity index (χ4v) is 2.29. The Bertz CT molecular complexity index is 386. The van der Waals surface area contributed by atoms with E-state index in [-0.39, 0.29) is 28.4 Å². The normalized spacial score (nSPS) is 28.6. The van der Waals surface area contributed by atoms with Crippen molar-refractivity contribution in [2.75, 3.05) is 7.11 Å². The van der Waals surface area contributed by atoms with Crippen LogP contribution < -0.4 is 4.74 Å². The Labute approximate surface area is 103 Å². The summed E-state index contributed by atoms with van der Waals surface area (Å²) in [5.41, 5.74) is 0. The Morgan fingerprint density at radius 2 is 2.19 bits per heavy atom. The predicted molar refractivity (Wildman–Crippen MR) is 60.9 cm³/mol. The summed E-state index contributed by atoms with van der Waals surface area (Å²) >= 11 is 11.6. The first kappa shape index (κ1) is 12.0. The maximum atomic E-state index is 13.5. The first-order valence-corrected chi connectivity index (χ1v) is 5.72. The molecule has 88 valence electrons. The fraction of sp³-hybridized carbons (Fsp3) is 0.455. The Morgan fingerprint density at radius 1 is 1.44 bits per heavy atom. The van der Waals surface area contributed by atoms with E-state index in [1.165, 1.54) is 12.1 Å². The lowest BCUT2D eigenvalue weighted by atomic mass is 9.91. The van der Waals surface area contributed by atoms with Crippen molar-refractivity contribution in [3.63, 3.8) is 0 Å². The average molecular weight is 265 g/mol. The topological polar surface area (TPSA) is 18.5 Å². The summed E-state index contributed by atoms with van der Waals surface area (Å²) in [6.07, 6.45) is 0.243. The molecule has 0 spiro atoms. The second kappa shape index (κ2) is 4.78. The molecule has 0 aromatic heterocycles. The van der Waals surface area contributed by atoms with Gasteiger partial charge < -0.3 is 9.47 Å².